The number of nitriles is 1. The lowest BCUT2D eigenvalue weighted by molar-refractivity contribution is 0.449. The van der Waals surface area contributed by atoms with Crippen LogP contribution in [0.4, 0.5) is 0 Å². The van der Waals surface area contributed by atoms with Gasteiger partial charge in [-0.05, 0) is 43.6 Å². The minimum Gasteiger partial charge on any atom is -0.317 e. The van der Waals surface area contributed by atoms with Gasteiger partial charge in [0.15, 0.2) is 0 Å². The third-order valence-electron chi connectivity index (χ3n) is 3.92. The Labute approximate surface area is 119 Å². The molecule has 2 heterocycles. The molecule has 1 aliphatic heterocycles. The standard InChI is InChI=1S/C16H18N4/c17-8-5-13-1-3-15(4-2-13)20-12-19-11-16(20)14-6-9-18-10-7-14/h1-4,11-12,14,18H,5-7,9-10H2. The van der Waals surface area contributed by atoms with Crippen molar-refractivity contribution in [2.45, 2.75) is 25.2 Å². The molecule has 102 valence electrons. The zero-order valence-corrected chi connectivity index (χ0v) is 11.4. The maximum absolute atomic E-state index is 8.72. The van der Waals surface area contributed by atoms with Gasteiger partial charge >= 0.3 is 0 Å². The first-order chi connectivity index (χ1) is 9.88. The summed E-state index contributed by atoms with van der Waals surface area (Å²) in [6, 6.07) is 10.3. The van der Waals surface area contributed by atoms with Crippen molar-refractivity contribution in [3.63, 3.8) is 0 Å². The lowest BCUT2D eigenvalue weighted by atomic mass is 9.95. The van der Waals surface area contributed by atoms with Gasteiger partial charge in [-0.2, -0.15) is 5.26 Å². The van der Waals surface area contributed by atoms with Crippen LogP contribution in [0, 0.1) is 11.3 Å². The summed E-state index contributed by atoms with van der Waals surface area (Å²) in [6.07, 6.45) is 6.66. The van der Waals surface area contributed by atoms with E-state index < -0.39 is 0 Å². The van der Waals surface area contributed by atoms with E-state index in [9.17, 15) is 0 Å². The van der Waals surface area contributed by atoms with Crippen LogP contribution < -0.4 is 5.32 Å². The van der Waals surface area contributed by atoms with Crippen molar-refractivity contribution in [2.75, 3.05) is 13.1 Å². The molecule has 1 aliphatic rings. The topological polar surface area (TPSA) is 53.6 Å². The quantitative estimate of drug-likeness (QED) is 0.928. The molecule has 1 N–H and O–H groups in total. The summed E-state index contributed by atoms with van der Waals surface area (Å²) in [5.41, 5.74) is 3.47. The summed E-state index contributed by atoms with van der Waals surface area (Å²) in [7, 11) is 0. The number of rotatable bonds is 3. The Bertz CT molecular complexity index is 600. The van der Waals surface area contributed by atoms with Gasteiger partial charge in [-0.15, -0.1) is 0 Å². The van der Waals surface area contributed by atoms with Crippen LogP contribution in [0.15, 0.2) is 36.8 Å². The Hall–Kier alpha value is -2.12. The van der Waals surface area contributed by atoms with Crippen LogP contribution in [0.2, 0.25) is 0 Å². The van der Waals surface area contributed by atoms with Crippen LogP contribution in [0.5, 0.6) is 0 Å². The molecular weight excluding hydrogens is 248 g/mol. The van der Waals surface area contributed by atoms with Gasteiger partial charge in [0.25, 0.3) is 0 Å². The summed E-state index contributed by atoms with van der Waals surface area (Å²) >= 11 is 0. The van der Waals surface area contributed by atoms with Crippen molar-refractivity contribution in [2.24, 2.45) is 0 Å². The fraction of sp³-hybridized carbons (Fsp3) is 0.375. The number of aromatic nitrogens is 2. The molecule has 0 atom stereocenters. The fourth-order valence-electron chi connectivity index (χ4n) is 2.81. The van der Waals surface area contributed by atoms with Crippen molar-refractivity contribution >= 4 is 0 Å². The highest BCUT2D eigenvalue weighted by Crippen LogP contribution is 2.27. The van der Waals surface area contributed by atoms with Gasteiger partial charge in [-0.1, -0.05) is 12.1 Å². The summed E-state index contributed by atoms with van der Waals surface area (Å²) in [5, 5.41) is 12.1. The van der Waals surface area contributed by atoms with Crippen LogP contribution in [0.1, 0.15) is 30.0 Å². The number of nitrogens with one attached hydrogen (secondary N) is 1. The molecule has 4 heteroatoms. The van der Waals surface area contributed by atoms with Crippen LogP contribution >= 0.6 is 0 Å². The van der Waals surface area contributed by atoms with E-state index in [4.69, 9.17) is 5.26 Å². The summed E-state index contributed by atoms with van der Waals surface area (Å²) < 4.78 is 2.17. The van der Waals surface area contributed by atoms with Crippen molar-refractivity contribution in [1.82, 2.24) is 14.9 Å². The van der Waals surface area contributed by atoms with Crippen LogP contribution in [-0.4, -0.2) is 22.6 Å². The smallest absolute Gasteiger partial charge is 0.0994 e. The minimum atomic E-state index is 0.464. The van der Waals surface area contributed by atoms with Crippen molar-refractivity contribution in [1.29, 1.82) is 5.26 Å². The lowest BCUT2D eigenvalue weighted by Crippen LogP contribution is -2.27. The van der Waals surface area contributed by atoms with Crippen molar-refractivity contribution < 1.29 is 0 Å². The average molecular weight is 266 g/mol. The third kappa shape index (κ3) is 2.59. The summed E-state index contributed by atoms with van der Waals surface area (Å²) in [4.78, 5) is 4.32. The molecule has 0 unspecified atom stereocenters. The van der Waals surface area contributed by atoms with Gasteiger partial charge < -0.3 is 9.88 Å². The average Bonchev–Trinajstić information content (AvgIpc) is 2.99. The van der Waals surface area contributed by atoms with E-state index in [0.717, 1.165) is 37.2 Å². The highest BCUT2D eigenvalue weighted by molar-refractivity contribution is 5.37. The van der Waals surface area contributed by atoms with E-state index >= 15 is 0 Å². The Balaban J connectivity index is 1.87. The molecule has 2 aromatic rings. The Morgan fingerprint density at radius 3 is 2.70 bits per heavy atom. The van der Waals surface area contributed by atoms with Gasteiger partial charge in [0, 0.05) is 23.5 Å². The van der Waals surface area contributed by atoms with E-state index in [1.165, 1.54) is 5.69 Å². The van der Waals surface area contributed by atoms with Crippen molar-refractivity contribution in [3.8, 4) is 11.8 Å². The number of piperidine rings is 1. The molecule has 1 fully saturated rings. The molecule has 20 heavy (non-hydrogen) atoms. The fourth-order valence-corrected chi connectivity index (χ4v) is 2.81. The van der Waals surface area contributed by atoms with Crippen LogP contribution in [0.3, 0.4) is 0 Å². The molecular formula is C16H18N4. The third-order valence-corrected chi connectivity index (χ3v) is 3.92. The lowest BCUT2D eigenvalue weighted by Gasteiger charge is -2.23. The predicted octanol–water partition coefficient (Wildman–Crippen LogP) is 2.41. The Kier molecular flexibility index (Phi) is 3.80. The van der Waals surface area contributed by atoms with Gasteiger partial charge in [0.05, 0.1) is 18.8 Å². The molecule has 0 radical (unpaired) electrons. The Morgan fingerprint density at radius 1 is 1.25 bits per heavy atom. The maximum Gasteiger partial charge on any atom is 0.0994 e. The number of nitrogens with zero attached hydrogens (tertiary/aromatic N) is 3. The van der Waals surface area contributed by atoms with Gasteiger partial charge in [-0.3, -0.25) is 0 Å². The van der Waals surface area contributed by atoms with E-state index in [0.29, 0.717) is 12.3 Å². The highest BCUT2D eigenvalue weighted by Gasteiger charge is 2.19. The second-order valence-electron chi connectivity index (χ2n) is 5.21. The van der Waals surface area contributed by atoms with Crippen LogP contribution in [-0.2, 0) is 6.42 Å². The molecule has 0 saturated carbocycles. The second-order valence-corrected chi connectivity index (χ2v) is 5.21. The normalized spacial score (nSPS) is 15.9. The first-order valence-electron chi connectivity index (χ1n) is 7.07. The molecule has 0 amide bonds. The van der Waals surface area contributed by atoms with Crippen molar-refractivity contribution in [3.05, 3.63) is 48.0 Å². The zero-order valence-electron chi connectivity index (χ0n) is 11.4. The second kappa shape index (κ2) is 5.89. The monoisotopic (exact) mass is 266 g/mol. The molecule has 4 nitrogen and oxygen atoms in total. The first kappa shape index (κ1) is 12.9. The molecule has 1 saturated heterocycles. The number of benzene rings is 1. The molecule has 0 spiro atoms. The number of hydrogen-bond acceptors (Lipinski definition) is 3. The largest absolute Gasteiger partial charge is 0.317 e. The molecule has 3 rings (SSSR count). The van der Waals surface area contributed by atoms with Crippen LogP contribution in [0.25, 0.3) is 5.69 Å². The van der Waals surface area contributed by atoms with E-state index in [1.54, 1.807) is 0 Å². The Morgan fingerprint density at radius 2 is 2.00 bits per heavy atom. The SMILES string of the molecule is N#CCc1ccc(-n2cncc2C2CCNCC2)cc1. The van der Waals surface area contributed by atoms with Gasteiger partial charge in [0.2, 0.25) is 0 Å². The summed E-state index contributed by atoms with van der Waals surface area (Å²) in [6.45, 7) is 2.16. The predicted molar refractivity (Wildman–Crippen MR) is 77.7 cm³/mol. The van der Waals surface area contributed by atoms with E-state index in [2.05, 4.69) is 33.1 Å². The highest BCUT2D eigenvalue weighted by atomic mass is 15.1. The molecule has 0 aliphatic carbocycles. The van der Waals surface area contributed by atoms with E-state index in [-0.39, 0.29) is 0 Å². The first-order valence-corrected chi connectivity index (χ1v) is 7.07. The van der Waals surface area contributed by atoms with E-state index in [1.807, 2.05) is 24.7 Å². The molecule has 1 aromatic carbocycles. The minimum absolute atomic E-state index is 0.464. The number of imidazole rings is 1. The number of hydrogen-bond donors (Lipinski definition) is 1. The molecule has 0 bridgehead atoms. The van der Waals surface area contributed by atoms with Gasteiger partial charge in [-0.25, -0.2) is 4.98 Å². The molecule has 1 aromatic heterocycles. The zero-order chi connectivity index (χ0) is 13.8. The van der Waals surface area contributed by atoms with Gasteiger partial charge in [0.1, 0.15) is 0 Å². The summed E-state index contributed by atoms with van der Waals surface area (Å²) in [5.74, 6) is 0.581. The maximum atomic E-state index is 8.72.